The maximum Gasteiger partial charge on any atom is 0.224 e. The number of aromatic amines is 1. The van der Waals surface area contributed by atoms with Crippen molar-refractivity contribution in [3.8, 4) is 0 Å². The molecule has 0 spiro atoms. The van der Waals surface area contributed by atoms with Crippen LogP contribution in [-0.2, 0) is 24.7 Å². The summed E-state index contributed by atoms with van der Waals surface area (Å²) in [5.41, 5.74) is 9.15. The second kappa shape index (κ2) is 7.22. The van der Waals surface area contributed by atoms with Crippen molar-refractivity contribution in [1.82, 2.24) is 20.1 Å². The van der Waals surface area contributed by atoms with Crippen molar-refractivity contribution in [3.05, 3.63) is 51.5 Å². The Morgan fingerprint density at radius 1 is 1.15 bits per heavy atom. The summed E-state index contributed by atoms with van der Waals surface area (Å²) < 4.78 is 1.90. The molecule has 27 heavy (non-hydrogen) atoms. The molecule has 2 heterocycles. The molecular weight excluding hydrogens is 336 g/mol. The Balaban J connectivity index is 1.75. The fraction of sp³-hybridized carbons (Fsp3) is 0.455. The van der Waals surface area contributed by atoms with Crippen molar-refractivity contribution >= 4 is 16.8 Å². The number of amides is 1. The van der Waals surface area contributed by atoms with Crippen molar-refractivity contribution in [2.75, 3.05) is 0 Å². The second-order valence-corrected chi connectivity index (χ2v) is 7.80. The highest BCUT2D eigenvalue weighted by molar-refractivity contribution is 5.93. The lowest BCUT2D eigenvalue weighted by Gasteiger charge is -2.15. The summed E-state index contributed by atoms with van der Waals surface area (Å²) in [6.45, 7) is 12.4. The number of benzene rings is 1. The first kappa shape index (κ1) is 19.2. The van der Waals surface area contributed by atoms with Gasteiger partial charge in [0.1, 0.15) is 0 Å². The third-order valence-electron chi connectivity index (χ3n) is 5.60. The van der Waals surface area contributed by atoms with Crippen molar-refractivity contribution in [2.24, 2.45) is 7.05 Å². The summed E-state index contributed by atoms with van der Waals surface area (Å²) in [6, 6.07) is 4.31. The average Bonchev–Trinajstić information content (AvgIpc) is 3.03. The van der Waals surface area contributed by atoms with Crippen molar-refractivity contribution in [1.29, 1.82) is 0 Å². The molecule has 2 aromatic heterocycles. The smallest absolute Gasteiger partial charge is 0.224 e. The minimum atomic E-state index is 0.0617. The van der Waals surface area contributed by atoms with Crippen molar-refractivity contribution in [2.45, 2.75) is 60.4 Å². The van der Waals surface area contributed by atoms with Gasteiger partial charge in [0.05, 0.1) is 12.1 Å². The number of carbonyl (C=O) groups is 1. The molecule has 3 rings (SSSR count). The second-order valence-electron chi connectivity index (χ2n) is 7.80. The molecule has 0 aliphatic rings. The molecule has 0 saturated carbocycles. The van der Waals surface area contributed by atoms with E-state index < -0.39 is 0 Å². The van der Waals surface area contributed by atoms with Gasteiger partial charge in [-0.1, -0.05) is 12.1 Å². The van der Waals surface area contributed by atoms with Crippen LogP contribution in [0.15, 0.2) is 12.1 Å². The summed E-state index contributed by atoms with van der Waals surface area (Å²) in [5, 5.41) is 8.82. The largest absolute Gasteiger partial charge is 0.358 e. The highest BCUT2D eigenvalue weighted by Crippen LogP contribution is 2.28. The van der Waals surface area contributed by atoms with Crippen LogP contribution in [0.4, 0.5) is 0 Å². The first-order valence-corrected chi connectivity index (χ1v) is 9.54. The normalized spacial score (nSPS) is 12.6. The first-order valence-electron chi connectivity index (χ1n) is 9.54. The molecule has 0 fully saturated rings. The lowest BCUT2D eigenvalue weighted by atomic mass is 10.0. The number of aryl methyl sites for hydroxylation is 5. The van der Waals surface area contributed by atoms with Crippen LogP contribution < -0.4 is 5.32 Å². The lowest BCUT2D eigenvalue weighted by Crippen LogP contribution is -2.35. The van der Waals surface area contributed by atoms with Crippen LogP contribution in [0, 0.1) is 34.6 Å². The Kier molecular flexibility index (Phi) is 5.13. The molecule has 0 saturated heterocycles. The van der Waals surface area contributed by atoms with Crippen LogP contribution >= 0.6 is 0 Å². The molecule has 144 valence electrons. The zero-order valence-electron chi connectivity index (χ0n) is 17.4. The zero-order valence-corrected chi connectivity index (χ0v) is 17.4. The quantitative estimate of drug-likeness (QED) is 0.723. The fourth-order valence-corrected chi connectivity index (χ4v) is 3.99. The van der Waals surface area contributed by atoms with Gasteiger partial charge < -0.3 is 10.3 Å². The molecule has 1 atom stereocenters. The van der Waals surface area contributed by atoms with Gasteiger partial charge in [-0.2, -0.15) is 5.10 Å². The molecule has 1 aromatic carbocycles. The van der Waals surface area contributed by atoms with Gasteiger partial charge >= 0.3 is 0 Å². The zero-order chi connectivity index (χ0) is 19.9. The van der Waals surface area contributed by atoms with Gasteiger partial charge in [0.2, 0.25) is 5.91 Å². The van der Waals surface area contributed by atoms with E-state index in [1.165, 1.54) is 22.1 Å². The van der Waals surface area contributed by atoms with Gasteiger partial charge in [-0.3, -0.25) is 9.48 Å². The van der Waals surface area contributed by atoms with Gasteiger partial charge in [0, 0.05) is 35.4 Å². The lowest BCUT2D eigenvalue weighted by molar-refractivity contribution is -0.121. The van der Waals surface area contributed by atoms with Gasteiger partial charge in [0.25, 0.3) is 0 Å². The Labute approximate surface area is 161 Å². The van der Waals surface area contributed by atoms with E-state index in [-0.39, 0.29) is 11.9 Å². The number of carbonyl (C=O) groups excluding carboxylic acids is 1. The van der Waals surface area contributed by atoms with Gasteiger partial charge in [-0.25, -0.2) is 0 Å². The predicted molar refractivity (Wildman–Crippen MR) is 110 cm³/mol. The SMILES string of the molecule is Cc1nn(C)c(C)c1CC(C)NC(=O)Cc1c(C)[nH]c2c(C)ccc(C)c12. The highest BCUT2D eigenvalue weighted by atomic mass is 16.1. The maximum atomic E-state index is 12.7. The van der Waals surface area contributed by atoms with E-state index in [1.807, 2.05) is 25.6 Å². The van der Waals surface area contributed by atoms with E-state index in [0.29, 0.717) is 6.42 Å². The van der Waals surface area contributed by atoms with Crippen LogP contribution in [0.3, 0.4) is 0 Å². The Bertz CT molecular complexity index is 1010. The molecule has 0 bridgehead atoms. The molecular formula is C22H30N4O. The number of fused-ring (bicyclic) bond motifs is 1. The standard InChI is InChI=1S/C22H30N4O/c1-12-8-9-13(2)22-21(12)19(15(4)24-22)11-20(27)23-14(3)10-18-16(5)25-26(7)17(18)6/h8-9,14,24H,10-11H2,1-7H3,(H,23,27). The van der Waals surface area contributed by atoms with Gasteiger partial charge in [0.15, 0.2) is 0 Å². The molecule has 0 aliphatic heterocycles. The number of hydrogen-bond donors (Lipinski definition) is 2. The van der Waals surface area contributed by atoms with E-state index in [4.69, 9.17) is 0 Å². The number of rotatable bonds is 5. The summed E-state index contributed by atoms with van der Waals surface area (Å²) >= 11 is 0. The third kappa shape index (κ3) is 3.64. The van der Waals surface area contributed by atoms with Crippen LogP contribution in [-0.4, -0.2) is 26.7 Å². The summed E-state index contributed by atoms with van der Waals surface area (Å²) in [4.78, 5) is 16.2. The van der Waals surface area contributed by atoms with Crippen LogP contribution in [0.2, 0.25) is 0 Å². The molecule has 3 aromatic rings. The Hall–Kier alpha value is -2.56. The summed E-state index contributed by atoms with van der Waals surface area (Å²) in [5.74, 6) is 0.0617. The minimum Gasteiger partial charge on any atom is -0.358 e. The van der Waals surface area contributed by atoms with E-state index in [2.05, 4.69) is 55.2 Å². The minimum absolute atomic E-state index is 0.0617. The van der Waals surface area contributed by atoms with Crippen molar-refractivity contribution < 1.29 is 4.79 Å². The predicted octanol–water partition coefficient (Wildman–Crippen LogP) is 3.73. The molecule has 2 N–H and O–H groups in total. The molecule has 1 amide bonds. The van der Waals surface area contributed by atoms with Gasteiger partial charge in [-0.05, 0) is 70.2 Å². The topological polar surface area (TPSA) is 62.7 Å². The van der Waals surface area contributed by atoms with Gasteiger partial charge in [-0.15, -0.1) is 0 Å². The van der Waals surface area contributed by atoms with Crippen LogP contribution in [0.25, 0.3) is 10.9 Å². The third-order valence-corrected chi connectivity index (χ3v) is 5.60. The number of aromatic nitrogens is 3. The van der Waals surface area contributed by atoms with Crippen LogP contribution in [0.5, 0.6) is 0 Å². The van der Waals surface area contributed by atoms with Crippen LogP contribution in [0.1, 0.15) is 46.3 Å². The molecule has 5 nitrogen and oxygen atoms in total. The fourth-order valence-electron chi connectivity index (χ4n) is 3.99. The molecule has 1 unspecified atom stereocenters. The van der Waals surface area contributed by atoms with E-state index >= 15 is 0 Å². The monoisotopic (exact) mass is 366 g/mol. The van der Waals surface area contributed by atoms with Crippen molar-refractivity contribution in [3.63, 3.8) is 0 Å². The number of nitrogens with zero attached hydrogens (tertiary/aromatic N) is 2. The maximum absolute atomic E-state index is 12.7. The number of H-pyrrole nitrogens is 1. The Morgan fingerprint density at radius 3 is 2.44 bits per heavy atom. The number of hydrogen-bond acceptors (Lipinski definition) is 2. The highest BCUT2D eigenvalue weighted by Gasteiger charge is 2.18. The molecule has 0 aliphatic carbocycles. The number of nitrogens with one attached hydrogen (secondary N) is 2. The Morgan fingerprint density at radius 2 is 1.81 bits per heavy atom. The first-order chi connectivity index (χ1) is 12.7. The van der Waals surface area contributed by atoms with E-state index in [1.54, 1.807) is 0 Å². The summed E-state index contributed by atoms with van der Waals surface area (Å²) in [7, 11) is 1.96. The molecule has 0 radical (unpaired) electrons. The van der Waals surface area contributed by atoms with E-state index in [0.717, 1.165) is 34.6 Å². The average molecular weight is 367 g/mol. The van der Waals surface area contributed by atoms with E-state index in [9.17, 15) is 4.79 Å². The molecule has 5 heteroatoms. The summed E-state index contributed by atoms with van der Waals surface area (Å²) in [6.07, 6.45) is 1.19.